The Morgan fingerprint density at radius 3 is 2.62 bits per heavy atom. The first kappa shape index (κ1) is 13.3. The molecule has 1 nitrogen and oxygen atoms in total. The molecule has 88 valence electrons. The van der Waals surface area contributed by atoms with Gasteiger partial charge >= 0.3 is 0 Å². The average molecular weight is 236 g/mol. The second kappa shape index (κ2) is 6.74. The normalized spacial score (nSPS) is 10.4. The largest absolute Gasteiger partial charge is 0.300 e. The fourth-order valence-corrected chi connectivity index (χ4v) is 2.39. The Hall–Kier alpha value is -0.760. The van der Waals surface area contributed by atoms with E-state index >= 15 is 0 Å². The van der Waals surface area contributed by atoms with E-state index in [4.69, 9.17) is 0 Å². The van der Waals surface area contributed by atoms with Gasteiger partial charge in [0.2, 0.25) is 0 Å². The third-order valence-corrected chi connectivity index (χ3v) is 3.82. The maximum Gasteiger partial charge on any atom is 0.132 e. The van der Waals surface area contributed by atoms with Gasteiger partial charge in [0.1, 0.15) is 5.78 Å². The highest BCUT2D eigenvalue weighted by Crippen LogP contribution is 2.22. The summed E-state index contributed by atoms with van der Waals surface area (Å²) in [5.41, 5.74) is 2.68. The molecule has 1 rings (SSSR count). The van der Waals surface area contributed by atoms with Gasteiger partial charge in [0.25, 0.3) is 0 Å². The summed E-state index contributed by atoms with van der Waals surface area (Å²) in [6.45, 7) is 6.20. The van der Waals surface area contributed by atoms with E-state index in [9.17, 15) is 4.79 Å². The zero-order valence-corrected chi connectivity index (χ0v) is 11.2. The van der Waals surface area contributed by atoms with Crippen molar-refractivity contribution in [2.75, 3.05) is 5.75 Å². The molecule has 16 heavy (non-hydrogen) atoms. The monoisotopic (exact) mass is 236 g/mol. The number of carbonyl (C=O) groups excluding carboxylic acids is 1. The summed E-state index contributed by atoms with van der Waals surface area (Å²) in [6, 6.07) is 6.55. The molecule has 0 heterocycles. The minimum Gasteiger partial charge on any atom is -0.300 e. The van der Waals surface area contributed by atoms with E-state index in [-0.39, 0.29) is 0 Å². The lowest BCUT2D eigenvalue weighted by atomic mass is 10.1. The molecule has 0 aliphatic rings. The van der Waals surface area contributed by atoms with Crippen LogP contribution < -0.4 is 0 Å². The van der Waals surface area contributed by atoms with Crippen molar-refractivity contribution in [2.24, 2.45) is 0 Å². The van der Waals surface area contributed by atoms with Crippen LogP contribution in [0.5, 0.6) is 0 Å². The van der Waals surface area contributed by atoms with Crippen LogP contribution in [-0.4, -0.2) is 11.5 Å². The second-order valence-electron chi connectivity index (χ2n) is 4.09. The second-order valence-corrected chi connectivity index (χ2v) is 5.26. The number of carbonyl (C=O) groups is 1. The van der Waals surface area contributed by atoms with Crippen LogP contribution in [0, 0.1) is 13.8 Å². The Morgan fingerprint density at radius 1 is 1.25 bits per heavy atom. The van der Waals surface area contributed by atoms with E-state index < -0.39 is 0 Å². The van der Waals surface area contributed by atoms with Gasteiger partial charge in [-0.3, -0.25) is 4.79 Å². The van der Waals surface area contributed by atoms with Crippen molar-refractivity contribution < 1.29 is 4.79 Å². The summed E-state index contributed by atoms with van der Waals surface area (Å²) in [5, 5.41) is 0. The Kier molecular flexibility index (Phi) is 5.61. The highest BCUT2D eigenvalue weighted by Gasteiger charge is 2.00. The van der Waals surface area contributed by atoms with Crippen molar-refractivity contribution in [3.05, 3.63) is 29.3 Å². The van der Waals surface area contributed by atoms with E-state index in [1.54, 1.807) is 0 Å². The average Bonchev–Trinajstić information content (AvgIpc) is 2.28. The third kappa shape index (κ3) is 4.40. The van der Waals surface area contributed by atoms with Gasteiger partial charge in [-0.1, -0.05) is 13.0 Å². The summed E-state index contributed by atoms with van der Waals surface area (Å²) in [5.74, 6) is 1.41. The van der Waals surface area contributed by atoms with Gasteiger partial charge in [-0.15, -0.1) is 11.8 Å². The summed E-state index contributed by atoms with van der Waals surface area (Å²) < 4.78 is 0. The van der Waals surface area contributed by atoms with E-state index in [0.717, 1.165) is 18.6 Å². The van der Waals surface area contributed by atoms with E-state index in [0.29, 0.717) is 12.2 Å². The molecule has 0 bridgehead atoms. The summed E-state index contributed by atoms with van der Waals surface area (Å²) in [6.07, 6.45) is 2.40. The van der Waals surface area contributed by atoms with Gasteiger partial charge in [-0.25, -0.2) is 0 Å². The summed E-state index contributed by atoms with van der Waals surface area (Å²) >= 11 is 1.84. The molecule has 0 aromatic heterocycles. The fraction of sp³-hybridized carbons (Fsp3) is 0.500. The van der Waals surface area contributed by atoms with E-state index in [2.05, 4.69) is 32.0 Å². The maximum absolute atomic E-state index is 11.1. The highest BCUT2D eigenvalue weighted by atomic mass is 32.2. The van der Waals surface area contributed by atoms with E-state index in [1.165, 1.54) is 16.0 Å². The SMILES string of the molecule is CCC(=O)CCCSc1ccc(C)c(C)c1. The standard InChI is InChI=1S/C14H20OS/c1-4-13(15)6-5-9-16-14-8-7-11(2)12(3)10-14/h7-8,10H,4-6,9H2,1-3H3. The number of aryl methyl sites for hydroxylation is 2. The van der Waals surface area contributed by atoms with Gasteiger partial charge < -0.3 is 0 Å². The molecule has 0 fully saturated rings. The molecular formula is C14H20OS. The molecule has 1 aromatic rings. The van der Waals surface area contributed by atoms with Crippen LogP contribution in [0.1, 0.15) is 37.3 Å². The summed E-state index contributed by atoms with van der Waals surface area (Å²) in [7, 11) is 0. The highest BCUT2D eigenvalue weighted by molar-refractivity contribution is 7.99. The number of thioether (sulfide) groups is 1. The molecule has 0 aliphatic heterocycles. The predicted octanol–water partition coefficient (Wildman–Crippen LogP) is 4.15. The summed E-state index contributed by atoms with van der Waals surface area (Å²) in [4.78, 5) is 12.4. The lowest BCUT2D eigenvalue weighted by Crippen LogP contribution is -1.95. The molecule has 0 aliphatic carbocycles. The molecule has 2 heteroatoms. The number of hydrogen-bond acceptors (Lipinski definition) is 2. The van der Waals surface area contributed by atoms with Crippen LogP contribution >= 0.6 is 11.8 Å². The van der Waals surface area contributed by atoms with Crippen molar-refractivity contribution in [3.63, 3.8) is 0 Å². The first-order valence-electron chi connectivity index (χ1n) is 5.85. The Labute approximate surface area is 103 Å². The number of rotatable bonds is 6. The van der Waals surface area contributed by atoms with Crippen LogP contribution in [-0.2, 0) is 4.79 Å². The third-order valence-electron chi connectivity index (χ3n) is 2.74. The zero-order valence-electron chi connectivity index (χ0n) is 10.4. The van der Waals surface area contributed by atoms with E-state index in [1.807, 2.05) is 18.7 Å². The molecule has 1 aromatic carbocycles. The molecule has 0 saturated carbocycles. The lowest BCUT2D eigenvalue weighted by Gasteiger charge is -2.04. The molecule has 0 unspecified atom stereocenters. The molecule has 0 radical (unpaired) electrons. The minimum absolute atomic E-state index is 0.376. The Balaban J connectivity index is 2.32. The molecule has 0 atom stereocenters. The molecule has 0 saturated heterocycles. The quantitative estimate of drug-likeness (QED) is 0.545. The van der Waals surface area contributed by atoms with Gasteiger partial charge in [0.05, 0.1) is 0 Å². The van der Waals surface area contributed by atoms with Gasteiger partial charge in [0.15, 0.2) is 0 Å². The molecule has 0 N–H and O–H groups in total. The maximum atomic E-state index is 11.1. The first-order chi connectivity index (χ1) is 7.63. The molecule has 0 amide bonds. The predicted molar refractivity (Wildman–Crippen MR) is 71.2 cm³/mol. The van der Waals surface area contributed by atoms with Crippen LogP contribution in [0.25, 0.3) is 0 Å². The van der Waals surface area contributed by atoms with Crippen LogP contribution in [0.15, 0.2) is 23.1 Å². The van der Waals surface area contributed by atoms with Crippen molar-refractivity contribution in [3.8, 4) is 0 Å². The fourth-order valence-electron chi connectivity index (χ4n) is 1.44. The van der Waals surface area contributed by atoms with Gasteiger partial charge in [-0.2, -0.15) is 0 Å². The Morgan fingerprint density at radius 2 is 2.00 bits per heavy atom. The molecule has 0 spiro atoms. The van der Waals surface area contributed by atoms with Crippen molar-refractivity contribution in [1.29, 1.82) is 0 Å². The van der Waals surface area contributed by atoms with Crippen molar-refractivity contribution in [1.82, 2.24) is 0 Å². The molecular weight excluding hydrogens is 216 g/mol. The topological polar surface area (TPSA) is 17.1 Å². The minimum atomic E-state index is 0.376. The number of Topliss-reactive ketones (excluding diaryl/α,β-unsaturated/α-hetero) is 1. The number of benzene rings is 1. The number of hydrogen-bond donors (Lipinski definition) is 0. The zero-order chi connectivity index (χ0) is 12.0. The van der Waals surface area contributed by atoms with Gasteiger partial charge in [-0.05, 0) is 49.3 Å². The van der Waals surface area contributed by atoms with Crippen LogP contribution in [0.2, 0.25) is 0 Å². The van der Waals surface area contributed by atoms with Gasteiger partial charge in [0, 0.05) is 17.7 Å². The van der Waals surface area contributed by atoms with Crippen LogP contribution in [0.3, 0.4) is 0 Å². The first-order valence-corrected chi connectivity index (χ1v) is 6.83. The smallest absolute Gasteiger partial charge is 0.132 e. The van der Waals surface area contributed by atoms with Crippen molar-refractivity contribution >= 4 is 17.5 Å². The lowest BCUT2D eigenvalue weighted by molar-refractivity contribution is -0.118. The number of ketones is 1. The van der Waals surface area contributed by atoms with Crippen molar-refractivity contribution in [2.45, 2.75) is 44.9 Å². The Bertz CT molecular complexity index is 358. The van der Waals surface area contributed by atoms with Crippen LogP contribution in [0.4, 0.5) is 0 Å².